The lowest BCUT2D eigenvalue weighted by Crippen LogP contribution is -2.45. The molecule has 2 bridgehead atoms. The zero-order chi connectivity index (χ0) is 20.3. The van der Waals surface area contributed by atoms with E-state index in [1.165, 1.54) is 59.3 Å². The van der Waals surface area contributed by atoms with E-state index in [-0.39, 0.29) is 10.8 Å². The number of aromatic nitrogens is 2. The molecular formula is C28H26N2. The van der Waals surface area contributed by atoms with E-state index in [1.807, 2.05) is 0 Å². The molecule has 1 saturated carbocycles. The third-order valence-corrected chi connectivity index (χ3v) is 7.57. The lowest BCUT2D eigenvalue weighted by molar-refractivity contribution is 0.177. The van der Waals surface area contributed by atoms with Crippen molar-refractivity contribution in [3.05, 3.63) is 84.2 Å². The molecule has 0 spiro atoms. The summed E-state index contributed by atoms with van der Waals surface area (Å²) in [6.45, 7) is 4.78. The molecule has 2 nitrogen and oxygen atoms in total. The van der Waals surface area contributed by atoms with Crippen LogP contribution in [0.15, 0.2) is 72.8 Å². The first-order valence-corrected chi connectivity index (χ1v) is 11.0. The van der Waals surface area contributed by atoms with Crippen LogP contribution in [0.5, 0.6) is 0 Å². The molecule has 0 unspecified atom stereocenters. The molecule has 0 amide bonds. The van der Waals surface area contributed by atoms with Gasteiger partial charge >= 0.3 is 0 Å². The molecule has 148 valence electrons. The minimum atomic E-state index is 0.180. The highest BCUT2D eigenvalue weighted by Crippen LogP contribution is 2.55. The number of hydrogen-bond donors (Lipinski definition) is 0. The molecule has 0 N–H and O–H groups in total. The summed E-state index contributed by atoms with van der Waals surface area (Å²) in [5, 5.41) is 0. The van der Waals surface area contributed by atoms with Gasteiger partial charge in [-0.05, 0) is 60.1 Å². The van der Waals surface area contributed by atoms with Crippen LogP contribution >= 0.6 is 0 Å². The molecule has 0 saturated heterocycles. The second kappa shape index (κ2) is 6.25. The summed E-state index contributed by atoms with van der Waals surface area (Å²) in [6, 6.07) is 25.8. The molecule has 0 aliphatic heterocycles. The summed E-state index contributed by atoms with van der Waals surface area (Å²) in [7, 11) is 0. The van der Waals surface area contributed by atoms with E-state index < -0.39 is 0 Å². The summed E-state index contributed by atoms with van der Waals surface area (Å²) >= 11 is 0. The molecule has 30 heavy (non-hydrogen) atoms. The Bertz CT molecular complexity index is 1150. The van der Waals surface area contributed by atoms with Crippen molar-refractivity contribution in [1.29, 1.82) is 0 Å². The normalized spacial score (nSPS) is 24.7. The van der Waals surface area contributed by atoms with Crippen LogP contribution in [0.4, 0.5) is 0 Å². The van der Waals surface area contributed by atoms with Crippen molar-refractivity contribution in [2.45, 2.75) is 50.4 Å². The first-order chi connectivity index (χ1) is 14.6. The summed E-state index contributed by atoms with van der Waals surface area (Å²) in [5.41, 5.74) is 9.78. The molecular weight excluding hydrogens is 364 g/mol. The molecule has 0 radical (unpaired) electrons. The van der Waals surface area contributed by atoms with Crippen molar-refractivity contribution >= 4 is 11.0 Å². The number of nitrogens with zero attached hydrogens (tertiary/aromatic N) is 2. The van der Waals surface area contributed by atoms with Gasteiger partial charge in [-0.2, -0.15) is 0 Å². The van der Waals surface area contributed by atoms with Crippen molar-refractivity contribution in [1.82, 2.24) is 9.97 Å². The smallest absolute Gasteiger partial charge is 0.0897 e. The average molecular weight is 391 g/mol. The molecule has 1 heterocycles. The number of rotatable bonds is 2. The van der Waals surface area contributed by atoms with Gasteiger partial charge in [0, 0.05) is 10.8 Å². The maximum absolute atomic E-state index is 5.27. The van der Waals surface area contributed by atoms with Crippen LogP contribution in [0.2, 0.25) is 0 Å². The van der Waals surface area contributed by atoms with Gasteiger partial charge in [-0.15, -0.1) is 0 Å². The van der Waals surface area contributed by atoms with E-state index in [2.05, 4.69) is 86.6 Å². The van der Waals surface area contributed by atoms with Gasteiger partial charge in [-0.25, -0.2) is 9.97 Å². The lowest BCUT2D eigenvalue weighted by atomic mass is 9.55. The predicted molar refractivity (Wildman–Crippen MR) is 124 cm³/mol. The Morgan fingerprint density at radius 3 is 1.30 bits per heavy atom. The van der Waals surface area contributed by atoms with E-state index in [0.29, 0.717) is 0 Å². The number of fused-ring (bicyclic) bond motifs is 3. The summed E-state index contributed by atoms with van der Waals surface area (Å²) in [6.07, 6.45) is 4.91. The fourth-order valence-electron chi connectivity index (χ4n) is 5.48. The van der Waals surface area contributed by atoms with Gasteiger partial charge in [0.1, 0.15) is 0 Å². The molecule has 1 fully saturated rings. The molecule has 7 rings (SSSR count). The molecule has 3 aliphatic carbocycles. The van der Waals surface area contributed by atoms with E-state index in [1.54, 1.807) is 0 Å². The minimum absolute atomic E-state index is 0.180. The minimum Gasteiger partial charge on any atom is -0.249 e. The largest absolute Gasteiger partial charge is 0.249 e. The first-order valence-electron chi connectivity index (χ1n) is 11.0. The third-order valence-electron chi connectivity index (χ3n) is 7.57. The van der Waals surface area contributed by atoms with E-state index in [4.69, 9.17) is 9.97 Å². The van der Waals surface area contributed by atoms with Crippen LogP contribution in [-0.2, 0) is 10.8 Å². The topological polar surface area (TPSA) is 25.8 Å². The molecule has 2 heteroatoms. The van der Waals surface area contributed by atoms with Crippen molar-refractivity contribution < 1.29 is 0 Å². The summed E-state index contributed by atoms with van der Waals surface area (Å²) in [4.78, 5) is 10.5. The highest BCUT2D eigenvalue weighted by molar-refractivity contribution is 5.93. The SMILES string of the molecule is CC12CCC(C)(CC1)c1nc3cc(-c4ccccc4)c(-c4ccccc4)cc3nc12. The maximum atomic E-state index is 5.27. The molecule has 4 aromatic rings. The Balaban J connectivity index is 1.66. The Kier molecular flexibility index (Phi) is 3.71. The monoisotopic (exact) mass is 390 g/mol. The molecule has 1 aromatic heterocycles. The highest BCUT2D eigenvalue weighted by Gasteiger charge is 2.50. The van der Waals surface area contributed by atoms with Crippen LogP contribution < -0.4 is 0 Å². The number of hydrogen-bond acceptors (Lipinski definition) is 2. The highest BCUT2D eigenvalue weighted by atomic mass is 14.9. The Hall–Kier alpha value is -3.00. The van der Waals surface area contributed by atoms with Crippen LogP contribution in [0.25, 0.3) is 33.3 Å². The van der Waals surface area contributed by atoms with Crippen LogP contribution in [0.1, 0.15) is 50.9 Å². The van der Waals surface area contributed by atoms with E-state index in [0.717, 1.165) is 11.0 Å². The van der Waals surface area contributed by atoms with Crippen molar-refractivity contribution in [3.8, 4) is 22.3 Å². The van der Waals surface area contributed by atoms with Crippen LogP contribution in [0, 0.1) is 0 Å². The van der Waals surface area contributed by atoms with E-state index in [9.17, 15) is 0 Å². The summed E-state index contributed by atoms with van der Waals surface area (Å²) < 4.78 is 0. The summed E-state index contributed by atoms with van der Waals surface area (Å²) in [5.74, 6) is 0. The van der Waals surface area contributed by atoms with Crippen LogP contribution in [0.3, 0.4) is 0 Å². The van der Waals surface area contributed by atoms with Crippen molar-refractivity contribution in [3.63, 3.8) is 0 Å². The second-order valence-corrected chi connectivity index (χ2v) is 9.66. The average Bonchev–Trinajstić information content (AvgIpc) is 2.80. The Labute approximate surface area is 178 Å². The third kappa shape index (κ3) is 2.56. The van der Waals surface area contributed by atoms with E-state index >= 15 is 0 Å². The van der Waals surface area contributed by atoms with Gasteiger partial charge in [0.15, 0.2) is 0 Å². The van der Waals surface area contributed by atoms with Gasteiger partial charge in [-0.1, -0.05) is 74.5 Å². The first kappa shape index (κ1) is 17.8. The molecule has 3 aliphatic rings. The van der Waals surface area contributed by atoms with Gasteiger partial charge < -0.3 is 0 Å². The van der Waals surface area contributed by atoms with Crippen LogP contribution in [-0.4, -0.2) is 9.97 Å². The van der Waals surface area contributed by atoms with Gasteiger partial charge in [0.2, 0.25) is 0 Å². The Morgan fingerprint density at radius 1 is 0.567 bits per heavy atom. The second-order valence-electron chi connectivity index (χ2n) is 9.66. The fraction of sp³-hybridized carbons (Fsp3) is 0.286. The molecule has 3 aromatic carbocycles. The lowest BCUT2D eigenvalue weighted by Gasteiger charge is -2.50. The maximum Gasteiger partial charge on any atom is 0.0897 e. The quantitative estimate of drug-likeness (QED) is 0.366. The molecule has 0 atom stereocenters. The zero-order valence-corrected chi connectivity index (χ0v) is 17.7. The van der Waals surface area contributed by atoms with Gasteiger partial charge in [-0.3, -0.25) is 0 Å². The predicted octanol–water partition coefficient (Wildman–Crippen LogP) is 7.07. The fourth-order valence-corrected chi connectivity index (χ4v) is 5.48. The Morgan fingerprint density at radius 2 is 0.933 bits per heavy atom. The van der Waals surface area contributed by atoms with Gasteiger partial charge in [0.05, 0.1) is 22.4 Å². The van der Waals surface area contributed by atoms with Crippen molar-refractivity contribution in [2.24, 2.45) is 0 Å². The standard InChI is InChI=1S/C28H26N2/c1-27-13-15-28(2,16-14-27)26-25(27)29-23-17-21(19-9-5-3-6-10-19)22(18-24(23)30-26)20-11-7-4-8-12-20/h3-12,17-18H,13-16H2,1-2H3. The zero-order valence-electron chi connectivity index (χ0n) is 17.7. The van der Waals surface area contributed by atoms with Crippen molar-refractivity contribution in [2.75, 3.05) is 0 Å². The van der Waals surface area contributed by atoms with Gasteiger partial charge in [0.25, 0.3) is 0 Å². The number of benzene rings is 3.